The zero-order valence-corrected chi connectivity index (χ0v) is 38.2. The lowest BCUT2D eigenvalue weighted by molar-refractivity contribution is 0.101. The molecule has 6 rings (SSSR count). The van der Waals surface area contributed by atoms with Crippen LogP contribution in [-0.2, 0) is 49.6 Å². The van der Waals surface area contributed by atoms with E-state index < -0.39 is 43.2 Å². The van der Waals surface area contributed by atoms with Gasteiger partial charge in [0.15, 0.2) is 46.1 Å². The normalized spacial score (nSPS) is 13.9. The largest absolute Gasteiger partial charge is 0.508 e. The van der Waals surface area contributed by atoms with Gasteiger partial charge >= 0.3 is 0 Å². The Kier molecular flexibility index (Phi) is 20.6. The minimum atomic E-state index is -1.14. The SMILES string of the molecule is COc1ccc(C(=O)CS(C)=O)cc1OC.CS(=O)CC(=O)c1ccc2c(c1)OCC2.CS(=O)CC(=O)c1ccc2c(c1)OCCO2.Cc1ccc(C(=O)CS(C)=O)cc1O. The summed E-state index contributed by atoms with van der Waals surface area (Å²) in [5.41, 5.74) is 3.85. The van der Waals surface area contributed by atoms with Crippen LogP contribution >= 0.6 is 0 Å². The third-order valence-corrected chi connectivity index (χ3v) is 11.1. The quantitative estimate of drug-likeness (QED) is 0.170. The molecule has 18 heteroatoms. The van der Waals surface area contributed by atoms with Crippen molar-refractivity contribution in [3.05, 3.63) is 106 Å². The molecule has 0 fully saturated rings. The Morgan fingerprint density at radius 1 is 0.525 bits per heavy atom. The number of carbonyl (C=O) groups excluding carboxylic acids is 4. The number of methoxy groups -OCH3 is 2. The highest BCUT2D eigenvalue weighted by Crippen LogP contribution is 2.31. The summed E-state index contributed by atoms with van der Waals surface area (Å²) in [4.78, 5) is 46.3. The molecule has 4 aromatic carbocycles. The van der Waals surface area contributed by atoms with Gasteiger partial charge in [-0.1, -0.05) is 24.3 Å². The molecule has 4 atom stereocenters. The van der Waals surface area contributed by atoms with Crippen molar-refractivity contribution >= 4 is 66.3 Å². The number of fused-ring (bicyclic) bond motifs is 2. The fourth-order valence-corrected chi connectivity index (χ4v) is 7.56. The number of carbonyl (C=O) groups is 4. The molecule has 0 spiro atoms. The predicted molar refractivity (Wildman–Crippen MR) is 239 cm³/mol. The van der Waals surface area contributed by atoms with Gasteiger partial charge in [-0.3, -0.25) is 36.0 Å². The van der Waals surface area contributed by atoms with Crippen molar-refractivity contribution in [1.29, 1.82) is 0 Å². The van der Waals surface area contributed by atoms with Crippen LogP contribution in [0, 0.1) is 6.92 Å². The number of benzene rings is 4. The Labute approximate surface area is 365 Å². The number of phenols is 1. The molecule has 14 nitrogen and oxygen atoms in total. The molecule has 0 saturated heterocycles. The zero-order valence-electron chi connectivity index (χ0n) is 35.0. The fraction of sp³-hybridized carbons (Fsp3) is 0.349. The maximum Gasteiger partial charge on any atom is 0.175 e. The van der Waals surface area contributed by atoms with Crippen molar-refractivity contribution in [2.45, 2.75) is 13.3 Å². The van der Waals surface area contributed by atoms with Crippen LogP contribution in [0.15, 0.2) is 72.8 Å². The van der Waals surface area contributed by atoms with Crippen LogP contribution in [0.1, 0.15) is 52.6 Å². The summed E-state index contributed by atoms with van der Waals surface area (Å²) in [6.45, 7) is 3.46. The number of hydrogen-bond donors (Lipinski definition) is 1. The highest BCUT2D eigenvalue weighted by molar-refractivity contribution is 7.85. The summed E-state index contributed by atoms with van der Waals surface area (Å²) in [6.07, 6.45) is 6.92. The molecular formula is C43H50O14S4. The topological polar surface area (TPSA) is 203 Å². The van der Waals surface area contributed by atoms with E-state index >= 15 is 0 Å². The monoisotopic (exact) mass is 918 g/mol. The van der Waals surface area contributed by atoms with Gasteiger partial charge in [0, 0.05) is 96.9 Å². The maximum absolute atomic E-state index is 11.7. The summed E-state index contributed by atoms with van der Waals surface area (Å²) in [6, 6.07) is 20.0. The summed E-state index contributed by atoms with van der Waals surface area (Å²) in [5, 5.41) is 9.36. The van der Waals surface area contributed by atoms with Crippen molar-refractivity contribution < 1.29 is 64.8 Å². The van der Waals surface area contributed by atoms with Gasteiger partial charge in [-0.05, 0) is 66.6 Å². The van der Waals surface area contributed by atoms with Crippen LogP contribution < -0.4 is 23.7 Å². The Morgan fingerprint density at radius 2 is 0.934 bits per heavy atom. The van der Waals surface area contributed by atoms with Crippen LogP contribution in [0.2, 0.25) is 0 Å². The first-order valence-corrected chi connectivity index (χ1v) is 25.3. The standard InChI is InChI=1S/C11H12O4S.C11H14O4S.C11H12O3S.C10H12O3S/c1-16(13)7-9(12)8-2-3-10-11(6-8)15-5-4-14-10;1-14-10-5-4-8(6-11(10)15-2)9(12)7-16(3)13;1-15(13)7-10(12)9-3-2-8-4-5-14-11(8)6-9;1-7-3-4-8(5-9(7)11)10(12)6-14(2)13/h2-3,6H,4-5,7H2,1H3;4-6H,7H2,1-3H3;2-3,6H,4-5,7H2,1H3;3-5,11H,6H2,1-2H3. The van der Waals surface area contributed by atoms with Gasteiger partial charge in [0.2, 0.25) is 0 Å². The molecule has 0 aromatic heterocycles. The van der Waals surface area contributed by atoms with E-state index in [9.17, 15) is 41.1 Å². The van der Waals surface area contributed by atoms with Gasteiger partial charge in [-0.25, -0.2) is 0 Å². The highest BCUT2D eigenvalue weighted by Gasteiger charge is 2.17. The molecule has 0 radical (unpaired) electrons. The lowest BCUT2D eigenvalue weighted by Gasteiger charge is -2.18. The number of hydrogen-bond acceptors (Lipinski definition) is 14. The molecular weight excluding hydrogens is 869 g/mol. The average Bonchev–Trinajstić information content (AvgIpc) is 3.69. The molecule has 4 aromatic rings. The van der Waals surface area contributed by atoms with Crippen molar-refractivity contribution in [3.63, 3.8) is 0 Å². The molecule has 61 heavy (non-hydrogen) atoms. The van der Waals surface area contributed by atoms with Crippen LogP contribution in [0.5, 0.6) is 34.5 Å². The van der Waals surface area contributed by atoms with Crippen LogP contribution in [0.3, 0.4) is 0 Å². The number of aromatic hydroxyl groups is 1. The Balaban J connectivity index is 0.000000217. The van der Waals surface area contributed by atoms with Gasteiger partial charge < -0.3 is 28.8 Å². The van der Waals surface area contributed by atoms with Crippen LogP contribution in [-0.4, -0.2) is 127 Å². The van der Waals surface area contributed by atoms with Crippen LogP contribution in [0.4, 0.5) is 0 Å². The van der Waals surface area contributed by atoms with E-state index in [1.807, 2.05) is 6.07 Å². The summed E-state index contributed by atoms with van der Waals surface area (Å²) < 4.78 is 69.8. The van der Waals surface area contributed by atoms with Crippen molar-refractivity contribution in [2.75, 3.05) is 82.1 Å². The van der Waals surface area contributed by atoms with Gasteiger partial charge in [0.05, 0.1) is 43.8 Å². The number of Topliss-reactive ketones (excluding diaryl/α,β-unsaturated/α-hetero) is 4. The van der Waals surface area contributed by atoms with Gasteiger partial charge in [0.1, 0.15) is 24.7 Å². The maximum atomic E-state index is 11.7. The van der Waals surface area contributed by atoms with E-state index in [0.29, 0.717) is 65.1 Å². The molecule has 4 unspecified atom stereocenters. The molecule has 0 saturated carbocycles. The molecule has 1 N–H and O–H groups in total. The lowest BCUT2D eigenvalue weighted by Crippen LogP contribution is -2.16. The Morgan fingerprint density at radius 3 is 1.43 bits per heavy atom. The second kappa shape index (κ2) is 25.0. The highest BCUT2D eigenvalue weighted by atomic mass is 32.2. The zero-order chi connectivity index (χ0) is 45.2. The molecule has 330 valence electrons. The van der Waals surface area contributed by atoms with Crippen molar-refractivity contribution in [1.82, 2.24) is 0 Å². The first-order valence-electron chi connectivity index (χ1n) is 18.4. The minimum absolute atomic E-state index is 0.00248. The second-order valence-electron chi connectivity index (χ2n) is 13.4. The molecule has 2 aliphatic rings. The lowest BCUT2D eigenvalue weighted by atomic mass is 10.1. The summed E-state index contributed by atoms with van der Waals surface area (Å²) in [5.74, 6) is 2.73. The molecule has 2 heterocycles. The van der Waals surface area contributed by atoms with E-state index in [0.717, 1.165) is 23.3 Å². The number of phenolic OH excluding ortho intramolecular Hbond substituents is 1. The predicted octanol–water partition coefficient (Wildman–Crippen LogP) is 4.73. The summed E-state index contributed by atoms with van der Waals surface area (Å²) in [7, 11) is -1.44. The van der Waals surface area contributed by atoms with Gasteiger partial charge in [-0.15, -0.1) is 0 Å². The van der Waals surface area contributed by atoms with Crippen LogP contribution in [0.25, 0.3) is 0 Å². The first kappa shape index (κ1) is 50.3. The third kappa shape index (κ3) is 16.7. The van der Waals surface area contributed by atoms with Crippen molar-refractivity contribution in [3.8, 4) is 34.5 Å². The molecule has 0 aliphatic carbocycles. The minimum Gasteiger partial charge on any atom is -0.508 e. The van der Waals surface area contributed by atoms with Gasteiger partial charge in [0.25, 0.3) is 0 Å². The Bertz CT molecular complexity index is 2240. The van der Waals surface area contributed by atoms with E-state index in [2.05, 4.69) is 0 Å². The molecule has 2 aliphatic heterocycles. The first-order chi connectivity index (χ1) is 28.9. The second-order valence-corrected chi connectivity index (χ2v) is 19.2. The third-order valence-electron chi connectivity index (χ3n) is 8.46. The van der Waals surface area contributed by atoms with Crippen molar-refractivity contribution in [2.24, 2.45) is 0 Å². The van der Waals surface area contributed by atoms with E-state index in [1.54, 1.807) is 67.6 Å². The molecule has 0 bridgehead atoms. The average molecular weight is 919 g/mol. The Hall–Kier alpha value is -5.04. The fourth-order valence-electron chi connectivity index (χ4n) is 5.42. The number of rotatable bonds is 14. The smallest absolute Gasteiger partial charge is 0.175 e. The summed E-state index contributed by atoms with van der Waals surface area (Å²) >= 11 is 0. The number of ether oxygens (including phenoxy) is 5. The van der Waals surface area contributed by atoms with E-state index in [4.69, 9.17) is 23.7 Å². The van der Waals surface area contributed by atoms with Gasteiger partial charge in [-0.2, -0.15) is 0 Å². The number of ketones is 4. The number of aryl methyl sites for hydroxylation is 1. The van der Waals surface area contributed by atoms with E-state index in [-0.39, 0.29) is 51.9 Å². The molecule has 0 amide bonds. The van der Waals surface area contributed by atoms with E-state index in [1.165, 1.54) is 45.3 Å².